The van der Waals surface area contributed by atoms with Crippen LogP contribution < -0.4 is 10.1 Å². The van der Waals surface area contributed by atoms with E-state index in [0.717, 1.165) is 5.69 Å². The Kier molecular flexibility index (Phi) is 4.80. The molecule has 0 radical (unpaired) electrons. The van der Waals surface area contributed by atoms with Crippen molar-refractivity contribution < 1.29 is 17.9 Å². The predicted octanol–water partition coefficient (Wildman–Crippen LogP) is 3.48. The fourth-order valence-corrected chi connectivity index (χ4v) is 2.08. The minimum absolute atomic E-state index is 0.194. The second kappa shape index (κ2) is 6.58. The Bertz CT molecular complexity index is 573. The van der Waals surface area contributed by atoms with Crippen LogP contribution in [0, 0.1) is 0 Å². The quantitative estimate of drug-likeness (QED) is 0.917. The normalized spacial score (nSPS) is 13.0. The fraction of sp³-hybridized carbons (Fsp3) is 0.267. The van der Waals surface area contributed by atoms with Gasteiger partial charge < -0.3 is 10.1 Å². The van der Waals surface area contributed by atoms with Gasteiger partial charge in [0.15, 0.2) is 0 Å². The van der Waals surface area contributed by atoms with Crippen LogP contribution in [-0.4, -0.2) is 18.4 Å². The number of aromatic nitrogens is 1. The number of ether oxygens (including phenoxy) is 1. The average Bonchev–Trinajstić information content (AvgIpc) is 2.45. The predicted molar refractivity (Wildman–Crippen MR) is 72.9 cm³/mol. The molecule has 0 fully saturated rings. The third-order valence-corrected chi connectivity index (χ3v) is 3.01. The Hall–Kier alpha value is -2.08. The van der Waals surface area contributed by atoms with Crippen molar-refractivity contribution in [2.24, 2.45) is 0 Å². The Labute approximate surface area is 120 Å². The topological polar surface area (TPSA) is 34.2 Å². The number of nitrogens with one attached hydrogen (secondary N) is 1. The number of nitrogens with zero attached hydrogens (tertiary/aromatic N) is 1. The number of pyridine rings is 1. The second-order valence-corrected chi connectivity index (χ2v) is 4.45. The molecule has 2 aromatic rings. The van der Waals surface area contributed by atoms with Crippen molar-refractivity contribution in [3.05, 3.63) is 59.9 Å². The van der Waals surface area contributed by atoms with E-state index in [1.807, 2.05) is 12.1 Å². The molecule has 1 atom stereocenters. The first-order chi connectivity index (χ1) is 9.99. The number of hydrogen-bond donors (Lipinski definition) is 1. The SMILES string of the molecule is CNC(Cc1ccccn1)c1ccccc1OC(F)(F)F. The molecule has 6 heteroatoms. The Balaban J connectivity index is 2.26. The lowest BCUT2D eigenvalue weighted by Gasteiger charge is -2.20. The minimum Gasteiger partial charge on any atom is -0.405 e. The van der Waals surface area contributed by atoms with E-state index in [1.54, 1.807) is 31.4 Å². The molecule has 0 saturated carbocycles. The van der Waals surface area contributed by atoms with E-state index in [4.69, 9.17) is 0 Å². The van der Waals surface area contributed by atoms with Crippen molar-refractivity contribution in [3.63, 3.8) is 0 Å². The van der Waals surface area contributed by atoms with E-state index >= 15 is 0 Å². The zero-order chi connectivity index (χ0) is 15.3. The van der Waals surface area contributed by atoms with Gasteiger partial charge in [0.25, 0.3) is 0 Å². The first kappa shape index (κ1) is 15.3. The summed E-state index contributed by atoms with van der Waals surface area (Å²) in [5.41, 5.74) is 1.24. The highest BCUT2D eigenvalue weighted by molar-refractivity contribution is 5.36. The van der Waals surface area contributed by atoms with Crippen LogP contribution in [0.4, 0.5) is 13.2 Å². The maximum Gasteiger partial charge on any atom is 0.573 e. The van der Waals surface area contributed by atoms with Crippen LogP contribution in [0.3, 0.4) is 0 Å². The van der Waals surface area contributed by atoms with Crippen molar-refractivity contribution in [2.75, 3.05) is 7.05 Å². The number of halogens is 3. The molecule has 0 spiro atoms. The number of rotatable bonds is 5. The zero-order valence-electron chi connectivity index (χ0n) is 11.4. The van der Waals surface area contributed by atoms with Gasteiger partial charge in [-0.1, -0.05) is 24.3 Å². The summed E-state index contributed by atoms with van der Waals surface area (Å²) in [4.78, 5) is 4.19. The molecule has 0 aliphatic carbocycles. The number of benzene rings is 1. The van der Waals surface area contributed by atoms with Crippen LogP contribution in [0.25, 0.3) is 0 Å². The molecular weight excluding hydrogens is 281 g/mol. The summed E-state index contributed by atoms with van der Waals surface area (Å²) in [5, 5.41) is 3.01. The number of alkyl halides is 3. The smallest absolute Gasteiger partial charge is 0.405 e. The van der Waals surface area contributed by atoms with Crippen molar-refractivity contribution in [1.29, 1.82) is 0 Å². The Morgan fingerprint density at radius 3 is 2.48 bits per heavy atom. The highest BCUT2D eigenvalue weighted by Crippen LogP contribution is 2.31. The van der Waals surface area contributed by atoms with Gasteiger partial charge in [-0.05, 0) is 25.2 Å². The van der Waals surface area contributed by atoms with Gasteiger partial charge in [0, 0.05) is 29.9 Å². The van der Waals surface area contributed by atoms with E-state index < -0.39 is 6.36 Å². The summed E-state index contributed by atoms with van der Waals surface area (Å²) in [5.74, 6) is -0.194. The summed E-state index contributed by atoms with van der Waals surface area (Å²) in [6.07, 6.45) is -2.59. The number of para-hydroxylation sites is 1. The van der Waals surface area contributed by atoms with Gasteiger partial charge in [0.2, 0.25) is 0 Å². The van der Waals surface area contributed by atoms with Gasteiger partial charge in [0.1, 0.15) is 5.75 Å². The lowest BCUT2D eigenvalue weighted by atomic mass is 10.0. The van der Waals surface area contributed by atoms with Crippen molar-refractivity contribution in [2.45, 2.75) is 18.8 Å². The summed E-state index contributed by atoms with van der Waals surface area (Å²) in [6, 6.07) is 11.3. The lowest BCUT2D eigenvalue weighted by Crippen LogP contribution is -2.23. The molecule has 1 N–H and O–H groups in total. The molecule has 0 amide bonds. The van der Waals surface area contributed by atoms with Crippen LogP contribution in [-0.2, 0) is 6.42 Å². The summed E-state index contributed by atoms with van der Waals surface area (Å²) in [6.45, 7) is 0. The molecule has 0 saturated heterocycles. The van der Waals surface area contributed by atoms with Crippen LogP contribution in [0.2, 0.25) is 0 Å². The Morgan fingerprint density at radius 1 is 1.14 bits per heavy atom. The maximum absolute atomic E-state index is 12.5. The van der Waals surface area contributed by atoms with Crippen LogP contribution in [0.5, 0.6) is 5.75 Å². The van der Waals surface area contributed by atoms with E-state index in [9.17, 15) is 13.2 Å². The average molecular weight is 296 g/mol. The number of likely N-dealkylation sites (N-methyl/N-ethyl adjacent to an activating group) is 1. The minimum atomic E-state index is -4.71. The molecule has 1 unspecified atom stereocenters. The summed E-state index contributed by atoms with van der Waals surface area (Å²) in [7, 11) is 1.69. The van der Waals surface area contributed by atoms with Gasteiger partial charge in [0.05, 0.1) is 0 Å². The van der Waals surface area contributed by atoms with Gasteiger partial charge >= 0.3 is 6.36 Å². The third-order valence-electron chi connectivity index (χ3n) is 3.01. The van der Waals surface area contributed by atoms with E-state index in [0.29, 0.717) is 12.0 Å². The molecule has 2 rings (SSSR count). The molecule has 1 heterocycles. The molecule has 3 nitrogen and oxygen atoms in total. The summed E-state index contributed by atoms with van der Waals surface area (Å²) >= 11 is 0. The van der Waals surface area contributed by atoms with Gasteiger partial charge in [-0.15, -0.1) is 13.2 Å². The highest BCUT2D eigenvalue weighted by Gasteiger charge is 2.32. The third kappa shape index (κ3) is 4.46. The standard InChI is InChI=1S/C15H15F3N2O/c1-19-13(10-11-6-4-5-9-20-11)12-7-2-3-8-14(12)21-15(16,17)18/h2-9,13,19H,10H2,1H3. The van der Waals surface area contributed by atoms with Crippen LogP contribution in [0.1, 0.15) is 17.3 Å². The first-order valence-corrected chi connectivity index (χ1v) is 6.41. The molecule has 0 aliphatic heterocycles. The Morgan fingerprint density at radius 2 is 1.86 bits per heavy atom. The lowest BCUT2D eigenvalue weighted by molar-refractivity contribution is -0.275. The van der Waals surface area contributed by atoms with E-state index in [2.05, 4.69) is 15.0 Å². The zero-order valence-corrected chi connectivity index (χ0v) is 11.4. The van der Waals surface area contributed by atoms with E-state index in [-0.39, 0.29) is 11.8 Å². The monoisotopic (exact) mass is 296 g/mol. The van der Waals surface area contributed by atoms with Gasteiger partial charge in [-0.3, -0.25) is 4.98 Å². The van der Waals surface area contributed by atoms with Crippen molar-refractivity contribution >= 4 is 0 Å². The van der Waals surface area contributed by atoms with Gasteiger partial charge in [-0.2, -0.15) is 0 Å². The molecule has 112 valence electrons. The largest absolute Gasteiger partial charge is 0.573 e. The van der Waals surface area contributed by atoms with Crippen molar-refractivity contribution in [3.8, 4) is 5.75 Å². The molecule has 0 bridgehead atoms. The molecule has 21 heavy (non-hydrogen) atoms. The van der Waals surface area contributed by atoms with E-state index in [1.165, 1.54) is 12.1 Å². The second-order valence-electron chi connectivity index (χ2n) is 4.45. The van der Waals surface area contributed by atoms with Crippen LogP contribution >= 0.6 is 0 Å². The fourth-order valence-electron chi connectivity index (χ4n) is 2.08. The summed E-state index contributed by atoms with van der Waals surface area (Å²) < 4.78 is 41.5. The number of hydrogen-bond acceptors (Lipinski definition) is 3. The van der Waals surface area contributed by atoms with Crippen LogP contribution in [0.15, 0.2) is 48.7 Å². The van der Waals surface area contributed by atoms with Crippen molar-refractivity contribution in [1.82, 2.24) is 10.3 Å². The highest BCUT2D eigenvalue weighted by atomic mass is 19.4. The molecule has 1 aromatic carbocycles. The first-order valence-electron chi connectivity index (χ1n) is 6.41. The molecular formula is C15H15F3N2O. The van der Waals surface area contributed by atoms with Gasteiger partial charge in [-0.25, -0.2) is 0 Å². The molecule has 1 aromatic heterocycles. The maximum atomic E-state index is 12.5. The molecule has 0 aliphatic rings.